The van der Waals surface area contributed by atoms with Crippen molar-refractivity contribution >= 4 is 0 Å². The van der Waals surface area contributed by atoms with Crippen LogP contribution >= 0.6 is 0 Å². The van der Waals surface area contributed by atoms with Crippen LogP contribution in [0.4, 0.5) is 13.2 Å². The fourth-order valence-corrected chi connectivity index (χ4v) is 1.76. The molecule has 0 saturated carbocycles. The van der Waals surface area contributed by atoms with Gasteiger partial charge in [0.2, 0.25) is 0 Å². The fraction of sp³-hybridized carbons (Fsp3) is 0.133. The van der Waals surface area contributed by atoms with Crippen molar-refractivity contribution < 1.29 is 13.2 Å². The van der Waals surface area contributed by atoms with Crippen LogP contribution in [0.25, 0.3) is 11.1 Å². The Hall–Kier alpha value is -2.28. The number of nitriles is 1. The molecule has 0 N–H and O–H groups in total. The molecule has 0 amide bonds. The first-order chi connectivity index (χ1) is 9.00. The molecule has 0 heterocycles. The van der Waals surface area contributed by atoms with Crippen LogP contribution in [0.15, 0.2) is 48.5 Å². The maximum atomic E-state index is 12.4. The zero-order valence-corrected chi connectivity index (χ0v) is 9.91. The SMILES string of the molecule is N#CCc1ccc(-c2ccc(C(F)(F)F)cc2)cc1. The van der Waals surface area contributed by atoms with Gasteiger partial charge in [0.25, 0.3) is 0 Å². The molecular formula is C15H10F3N. The van der Waals surface area contributed by atoms with E-state index in [0.29, 0.717) is 6.42 Å². The molecule has 0 aromatic heterocycles. The second-order valence-electron chi connectivity index (χ2n) is 4.11. The van der Waals surface area contributed by atoms with Gasteiger partial charge in [-0.1, -0.05) is 36.4 Å². The summed E-state index contributed by atoms with van der Waals surface area (Å²) in [6.45, 7) is 0. The normalized spacial score (nSPS) is 11.1. The van der Waals surface area contributed by atoms with Gasteiger partial charge in [-0.3, -0.25) is 0 Å². The zero-order chi connectivity index (χ0) is 13.9. The van der Waals surface area contributed by atoms with Crippen molar-refractivity contribution in [2.24, 2.45) is 0 Å². The molecule has 0 aliphatic carbocycles. The first-order valence-corrected chi connectivity index (χ1v) is 5.64. The van der Waals surface area contributed by atoms with E-state index in [1.807, 2.05) is 6.07 Å². The van der Waals surface area contributed by atoms with Crippen molar-refractivity contribution in [2.75, 3.05) is 0 Å². The van der Waals surface area contributed by atoms with E-state index in [1.54, 1.807) is 24.3 Å². The molecule has 0 fully saturated rings. The van der Waals surface area contributed by atoms with Crippen LogP contribution in [0.3, 0.4) is 0 Å². The van der Waals surface area contributed by atoms with Gasteiger partial charge in [0, 0.05) is 0 Å². The Morgan fingerprint density at radius 1 is 0.842 bits per heavy atom. The first kappa shape index (κ1) is 13.2. The third-order valence-corrected chi connectivity index (χ3v) is 2.78. The van der Waals surface area contributed by atoms with Gasteiger partial charge in [-0.05, 0) is 28.8 Å². The van der Waals surface area contributed by atoms with Crippen molar-refractivity contribution in [3.63, 3.8) is 0 Å². The van der Waals surface area contributed by atoms with E-state index >= 15 is 0 Å². The second kappa shape index (κ2) is 5.15. The van der Waals surface area contributed by atoms with E-state index in [1.165, 1.54) is 12.1 Å². The molecule has 19 heavy (non-hydrogen) atoms. The van der Waals surface area contributed by atoms with Crippen molar-refractivity contribution in [3.8, 4) is 17.2 Å². The summed E-state index contributed by atoms with van der Waals surface area (Å²) in [5.41, 5.74) is 1.78. The third-order valence-electron chi connectivity index (χ3n) is 2.78. The molecule has 0 aliphatic heterocycles. The minimum Gasteiger partial charge on any atom is -0.198 e. The van der Waals surface area contributed by atoms with Gasteiger partial charge >= 0.3 is 6.18 Å². The van der Waals surface area contributed by atoms with Crippen LogP contribution < -0.4 is 0 Å². The highest BCUT2D eigenvalue weighted by atomic mass is 19.4. The predicted octanol–water partition coefficient (Wildman–Crippen LogP) is 4.44. The molecule has 96 valence electrons. The summed E-state index contributed by atoms with van der Waals surface area (Å²) in [4.78, 5) is 0. The first-order valence-electron chi connectivity index (χ1n) is 5.64. The summed E-state index contributed by atoms with van der Waals surface area (Å²) in [5.74, 6) is 0. The molecule has 1 nitrogen and oxygen atoms in total. The predicted molar refractivity (Wildman–Crippen MR) is 66.2 cm³/mol. The van der Waals surface area contributed by atoms with Gasteiger partial charge in [0.1, 0.15) is 0 Å². The maximum absolute atomic E-state index is 12.4. The van der Waals surface area contributed by atoms with Crippen molar-refractivity contribution in [1.82, 2.24) is 0 Å². The standard InChI is InChI=1S/C15H10F3N/c16-15(17,18)14-7-5-13(6-8-14)12-3-1-11(2-4-12)9-10-19/h1-8H,9H2. The number of hydrogen-bond donors (Lipinski definition) is 0. The highest BCUT2D eigenvalue weighted by Gasteiger charge is 2.29. The van der Waals surface area contributed by atoms with Crippen LogP contribution in [0, 0.1) is 11.3 Å². The number of rotatable bonds is 2. The Labute approximate surface area is 108 Å². The van der Waals surface area contributed by atoms with Crippen LogP contribution in [-0.4, -0.2) is 0 Å². The minimum atomic E-state index is -4.31. The van der Waals surface area contributed by atoms with Crippen molar-refractivity contribution in [3.05, 3.63) is 59.7 Å². The zero-order valence-electron chi connectivity index (χ0n) is 9.91. The Morgan fingerprint density at radius 3 is 1.74 bits per heavy atom. The molecule has 0 saturated heterocycles. The van der Waals surface area contributed by atoms with Gasteiger partial charge in [0.15, 0.2) is 0 Å². The molecular weight excluding hydrogens is 251 g/mol. The van der Waals surface area contributed by atoms with Crippen molar-refractivity contribution in [2.45, 2.75) is 12.6 Å². The lowest BCUT2D eigenvalue weighted by Crippen LogP contribution is -2.03. The Morgan fingerprint density at radius 2 is 1.32 bits per heavy atom. The highest BCUT2D eigenvalue weighted by molar-refractivity contribution is 5.64. The van der Waals surface area contributed by atoms with Crippen molar-refractivity contribution in [1.29, 1.82) is 5.26 Å². The lowest BCUT2D eigenvalue weighted by molar-refractivity contribution is -0.137. The summed E-state index contributed by atoms with van der Waals surface area (Å²) < 4.78 is 37.3. The topological polar surface area (TPSA) is 23.8 Å². The number of alkyl halides is 3. The number of nitrogens with zero attached hydrogens (tertiary/aromatic N) is 1. The number of hydrogen-bond acceptors (Lipinski definition) is 1. The van der Waals surface area contributed by atoms with Gasteiger partial charge in [-0.25, -0.2) is 0 Å². The molecule has 2 aromatic carbocycles. The summed E-state index contributed by atoms with van der Waals surface area (Å²) in [6, 6.07) is 14.3. The number of benzene rings is 2. The van der Waals surface area contributed by atoms with Gasteiger partial charge in [-0.15, -0.1) is 0 Å². The highest BCUT2D eigenvalue weighted by Crippen LogP contribution is 2.30. The average Bonchev–Trinajstić information content (AvgIpc) is 2.39. The average molecular weight is 261 g/mol. The van der Waals surface area contributed by atoms with E-state index < -0.39 is 11.7 Å². The summed E-state index contributed by atoms with van der Waals surface area (Å²) in [7, 11) is 0. The van der Waals surface area contributed by atoms with E-state index in [4.69, 9.17) is 5.26 Å². The Kier molecular flexibility index (Phi) is 3.57. The van der Waals surface area contributed by atoms with Crippen LogP contribution in [0.2, 0.25) is 0 Å². The largest absolute Gasteiger partial charge is 0.416 e. The quantitative estimate of drug-likeness (QED) is 0.784. The van der Waals surface area contributed by atoms with Gasteiger partial charge in [0.05, 0.1) is 18.1 Å². The van der Waals surface area contributed by atoms with E-state index in [-0.39, 0.29) is 0 Å². The van der Waals surface area contributed by atoms with Crippen LogP contribution in [0.5, 0.6) is 0 Å². The molecule has 0 unspecified atom stereocenters. The van der Waals surface area contributed by atoms with E-state index in [0.717, 1.165) is 28.8 Å². The molecule has 2 rings (SSSR count). The molecule has 0 aliphatic rings. The van der Waals surface area contributed by atoms with E-state index in [9.17, 15) is 13.2 Å². The molecule has 0 radical (unpaired) electrons. The lowest BCUT2D eigenvalue weighted by atomic mass is 10.0. The maximum Gasteiger partial charge on any atom is 0.416 e. The fourth-order valence-electron chi connectivity index (χ4n) is 1.76. The molecule has 2 aromatic rings. The van der Waals surface area contributed by atoms with Gasteiger partial charge < -0.3 is 0 Å². The molecule has 0 atom stereocenters. The molecule has 0 bridgehead atoms. The Balaban J connectivity index is 2.25. The van der Waals surface area contributed by atoms with Crippen LogP contribution in [-0.2, 0) is 12.6 Å². The second-order valence-corrected chi connectivity index (χ2v) is 4.11. The molecule has 0 spiro atoms. The van der Waals surface area contributed by atoms with Gasteiger partial charge in [-0.2, -0.15) is 18.4 Å². The summed E-state index contributed by atoms with van der Waals surface area (Å²) in [6.07, 6.45) is -3.98. The van der Waals surface area contributed by atoms with Crippen LogP contribution in [0.1, 0.15) is 11.1 Å². The monoisotopic (exact) mass is 261 g/mol. The minimum absolute atomic E-state index is 0.327. The summed E-state index contributed by atoms with van der Waals surface area (Å²) in [5, 5.41) is 8.56. The number of halogens is 3. The lowest BCUT2D eigenvalue weighted by Gasteiger charge is -2.08. The molecule has 4 heteroatoms. The Bertz CT molecular complexity index is 589. The summed E-state index contributed by atoms with van der Waals surface area (Å²) >= 11 is 0. The smallest absolute Gasteiger partial charge is 0.198 e. The third kappa shape index (κ3) is 3.14. The van der Waals surface area contributed by atoms with E-state index in [2.05, 4.69) is 0 Å².